The molecule has 0 N–H and O–H groups in total. The lowest BCUT2D eigenvalue weighted by molar-refractivity contribution is 0.624. The first-order valence-corrected chi connectivity index (χ1v) is 4.50. The van der Waals surface area contributed by atoms with E-state index in [1.54, 1.807) is 6.07 Å². The predicted octanol–water partition coefficient (Wildman–Crippen LogP) is 3.14. The van der Waals surface area contributed by atoms with Crippen LogP contribution in [0.1, 0.15) is 11.5 Å². The molecule has 1 aromatic rings. The van der Waals surface area contributed by atoms with Crippen molar-refractivity contribution >= 4 is 15.9 Å². The molecule has 0 aliphatic carbocycles. The smallest absolute Gasteiger partial charge is 0.123 e. The average Bonchev–Trinajstić information content (AvgIpc) is 2.03. The van der Waals surface area contributed by atoms with Crippen LogP contribution in [0.15, 0.2) is 24.3 Å². The van der Waals surface area contributed by atoms with Crippen LogP contribution in [0.5, 0.6) is 0 Å². The van der Waals surface area contributed by atoms with Gasteiger partial charge >= 0.3 is 0 Å². The second-order valence-electron chi connectivity index (χ2n) is 2.41. The molecule has 0 saturated heterocycles. The summed E-state index contributed by atoms with van der Waals surface area (Å²) in [6, 6.07) is 6.52. The van der Waals surface area contributed by atoms with Gasteiger partial charge in [0.15, 0.2) is 0 Å². The number of hydrogen-bond acceptors (Lipinski definition) is 0. The van der Waals surface area contributed by atoms with Gasteiger partial charge in [0.1, 0.15) is 5.82 Å². The van der Waals surface area contributed by atoms with Crippen LogP contribution in [0.2, 0.25) is 0 Å². The minimum Gasteiger partial charge on any atom is -0.207 e. The quantitative estimate of drug-likeness (QED) is 0.666. The molecule has 11 heavy (non-hydrogen) atoms. The van der Waals surface area contributed by atoms with E-state index in [1.165, 1.54) is 12.1 Å². The zero-order valence-corrected chi connectivity index (χ0v) is 7.64. The molecule has 0 bridgehead atoms. The van der Waals surface area contributed by atoms with Gasteiger partial charge in [-0.2, -0.15) is 0 Å². The Kier molecular flexibility index (Phi) is 3.06. The highest BCUT2D eigenvalue weighted by Gasteiger charge is 2.03. The summed E-state index contributed by atoms with van der Waals surface area (Å²) >= 11 is 3.29. The monoisotopic (exact) mass is 215 g/mol. The highest BCUT2D eigenvalue weighted by Crippen LogP contribution is 2.17. The second-order valence-corrected chi connectivity index (χ2v) is 3.05. The molecule has 1 rings (SSSR count). The number of hydrogen-bond donors (Lipinski definition) is 0. The Hall–Kier alpha value is -0.370. The van der Waals surface area contributed by atoms with Crippen molar-refractivity contribution in [2.75, 3.05) is 5.33 Å². The lowest BCUT2D eigenvalue weighted by atomic mass is 10.0. The first-order chi connectivity index (χ1) is 5.24. The largest absolute Gasteiger partial charge is 0.207 e. The van der Waals surface area contributed by atoms with Crippen LogP contribution >= 0.6 is 15.9 Å². The van der Waals surface area contributed by atoms with Gasteiger partial charge in [-0.15, -0.1) is 0 Å². The molecular formula is C9H9BrF. The maximum absolute atomic E-state index is 12.6. The van der Waals surface area contributed by atoms with Gasteiger partial charge in [0.05, 0.1) is 0 Å². The van der Waals surface area contributed by atoms with Gasteiger partial charge in [0, 0.05) is 5.33 Å². The van der Waals surface area contributed by atoms with E-state index in [0.717, 1.165) is 10.9 Å². The number of rotatable bonds is 2. The molecule has 0 aliphatic rings. The third-order valence-corrected chi connectivity index (χ3v) is 2.29. The Morgan fingerprint density at radius 1 is 1.55 bits per heavy atom. The maximum atomic E-state index is 12.6. The molecule has 0 aromatic heterocycles. The molecule has 1 unspecified atom stereocenters. The topological polar surface area (TPSA) is 0 Å². The minimum atomic E-state index is -0.197. The van der Waals surface area contributed by atoms with Crippen LogP contribution in [0, 0.1) is 12.7 Å². The summed E-state index contributed by atoms with van der Waals surface area (Å²) in [5.41, 5.74) is 0.932. The van der Waals surface area contributed by atoms with E-state index in [2.05, 4.69) is 22.9 Å². The van der Waals surface area contributed by atoms with Crippen molar-refractivity contribution in [1.82, 2.24) is 0 Å². The normalized spacial score (nSPS) is 13.0. The molecule has 0 amide bonds. The predicted molar refractivity (Wildman–Crippen MR) is 48.3 cm³/mol. The molecule has 2 heteroatoms. The summed E-state index contributed by atoms with van der Waals surface area (Å²) in [5, 5.41) is 0.760. The fourth-order valence-electron chi connectivity index (χ4n) is 0.850. The molecule has 1 aromatic carbocycles. The zero-order valence-electron chi connectivity index (χ0n) is 6.06. The Morgan fingerprint density at radius 3 is 2.82 bits per heavy atom. The van der Waals surface area contributed by atoms with Gasteiger partial charge in [-0.3, -0.25) is 0 Å². The molecule has 1 atom stereocenters. The third kappa shape index (κ3) is 2.29. The molecule has 59 valence electrons. The van der Waals surface area contributed by atoms with Gasteiger partial charge in [0.2, 0.25) is 0 Å². The van der Waals surface area contributed by atoms with E-state index in [1.807, 2.05) is 6.07 Å². The van der Waals surface area contributed by atoms with Crippen molar-refractivity contribution in [2.45, 2.75) is 5.92 Å². The standard InChI is InChI=1S/C9H9BrF/c1-7(6-10)8-3-2-4-9(11)5-8/h2-5,7H,1,6H2. The fraction of sp³-hybridized carbons (Fsp3) is 0.222. The van der Waals surface area contributed by atoms with Crippen LogP contribution in [0.25, 0.3) is 0 Å². The summed E-state index contributed by atoms with van der Waals surface area (Å²) < 4.78 is 12.6. The number of halogens is 2. The zero-order chi connectivity index (χ0) is 8.27. The van der Waals surface area contributed by atoms with Crippen LogP contribution in [0.4, 0.5) is 4.39 Å². The van der Waals surface area contributed by atoms with E-state index in [9.17, 15) is 4.39 Å². The summed E-state index contributed by atoms with van der Waals surface area (Å²) in [7, 11) is 0. The van der Waals surface area contributed by atoms with E-state index < -0.39 is 0 Å². The number of benzene rings is 1. The highest BCUT2D eigenvalue weighted by atomic mass is 79.9. The summed E-state index contributed by atoms with van der Waals surface area (Å²) in [5.74, 6) is -0.0669. The van der Waals surface area contributed by atoms with E-state index >= 15 is 0 Å². The van der Waals surface area contributed by atoms with E-state index in [4.69, 9.17) is 0 Å². The van der Waals surface area contributed by atoms with E-state index in [0.29, 0.717) is 0 Å². The average molecular weight is 216 g/mol. The molecule has 0 nitrogen and oxygen atoms in total. The third-order valence-electron chi connectivity index (χ3n) is 1.51. The molecule has 0 saturated carbocycles. The Bertz CT molecular complexity index is 235. The molecular weight excluding hydrogens is 207 g/mol. The fourth-order valence-corrected chi connectivity index (χ4v) is 1.22. The molecule has 1 radical (unpaired) electrons. The van der Waals surface area contributed by atoms with E-state index in [-0.39, 0.29) is 11.7 Å². The highest BCUT2D eigenvalue weighted by molar-refractivity contribution is 9.09. The van der Waals surface area contributed by atoms with Gasteiger partial charge in [-0.05, 0) is 30.5 Å². The van der Waals surface area contributed by atoms with Crippen molar-refractivity contribution in [3.05, 3.63) is 42.6 Å². The van der Waals surface area contributed by atoms with Crippen LogP contribution in [-0.2, 0) is 0 Å². The maximum Gasteiger partial charge on any atom is 0.123 e. The Morgan fingerprint density at radius 2 is 2.27 bits per heavy atom. The van der Waals surface area contributed by atoms with Crippen LogP contribution in [0.3, 0.4) is 0 Å². The first kappa shape index (κ1) is 8.72. The van der Waals surface area contributed by atoms with Crippen molar-refractivity contribution in [3.8, 4) is 0 Å². The molecule has 0 aliphatic heterocycles. The van der Waals surface area contributed by atoms with Crippen LogP contribution in [-0.4, -0.2) is 5.33 Å². The lowest BCUT2D eigenvalue weighted by Gasteiger charge is -2.06. The van der Waals surface area contributed by atoms with Gasteiger partial charge in [-0.25, -0.2) is 4.39 Å². The summed E-state index contributed by atoms with van der Waals surface area (Å²) in [4.78, 5) is 0. The number of alkyl halides is 1. The Labute approximate surface area is 74.6 Å². The Balaban J connectivity index is 2.86. The molecule has 0 fully saturated rings. The molecule has 0 heterocycles. The van der Waals surface area contributed by atoms with Gasteiger partial charge in [0.25, 0.3) is 0 Å². The van der Waals surface area contributed by atoms with Crippen molar-refractivity contribution in [1.29, 1.82) is 0 Å². The summed E-state index contributed by atoms with van der Waals surface area (Å²) in [6.07, 6.45) is 0. The van der Waals surface area contributed by atoms with Gasteiger partial charge < -0.3 is 0 Å². The summed E-state index contributed by atoms with van der Waals surface area (Å²) in [6.45, 7) is 3.85. The van der Waals surface area contributed by atoms with Gasteiger partial charge in [-0.1, -0.05) is 28.1 Å². The minimum absolute atomic E-state index is 0.130. The second kappa shape index (κ2) is 3.86. The lowest BCUT2D eigenvalue weighted by Crippen LogP contribution is -1.94. The van der Waals surface area contributed by atoms with Crippen molar-refractivity contribution in [3.63, 3.8) is 0 Å². The van der Waals surface area contributed by atoms with Crippen LogP contribution < -0.4 is 0 Å². The molecule has 0 spiro atoms. The first-order valence-electron chi connectivity index (χ1n) is 3.38. The van der Waals surface area contributed by atoms with Crippen molar-refractivity contribution < 1.29 is 4.39 Å². The van der Waals surface area contributed by atoms with Crippen molar-refractivity contribution in [2.24, 2.45) is 0 Å². The SMILES string of the molecule is [CH2]C(CBr)c1cccc(F)c1.